The van der Waals surface area contributed by atoms with Gasteiger partial charge in [-0.1, -0.05) is 30.3 Å². The summed E-state index contributed by atoms with van der Waals surface area (Å²) < 4.78 is 5.98. The summed E-state index contributed by atoms with van der Waals surface area (Å²) in [6.45, 7) is 4.29. The third-order valence-electron chi connectivity index (χ3n) is 4.69. The number of nitrogens with zero attached hydrogens (tertiary/aromatic N) is 4. The fraction of sp³-hybridized carbons (Fsp3) is 0.286. The highest BCUT2D eigenvalue weighted by Crippen LogP contribution is 2.23. The number of anilines is 1. The van der Waals surface area contributed by atoms with Gasteiger partial charge in [0, 0.05) is 31.1 Å². The zero-order valence-corrected chi connectivity index (χ0v) is 14.9. The summed E-state index contributed by atoms with van der Waals surface area (Å²) >= 11 is 0. The molecular formula is C21H22N4O. The van der Waals surface area contributed by atoms with Crippen LogP contribution in [0.25, 0.3) is 0 Å². The van der Waals surface area contributed by atoms with Crippen LogP contribution in [0.3, 0.4) is 0 Å². The summed E-state index contributed by atoms with van der Waals surface area (Å²) in [7, 11) is 0. The highest BCUT2D eigenvalue weighted by atomic mass is 16.5. The van der Waals surface area contributed by atoms with Crippen LogP contribution < -0.4 is 4.90 Å². The van der Waals surface area contributed by atoms with Gasteiger partial charge in [0.05, 0.1) is 18.8 Å². The van der Waals surface area contributed by atoms with Crippen molar-refractivity contribution in [3.05, 3.63) is 83.4 Å². The Morgan fingerprint density at radius 2 is 1.88 bits per heavy atom. The number of aryl methyl sites for hydroxylation is 1. The largest absolute Gasteiger partial charge is 0.368 e. The van der Waals surface area contributed by atoms with E-state index in [0.717, 1.165) is 30.3 Å². The molecule has 26 heavy (non-hydrogen) atoms. The second kappa shape index (κ2) is 7.62. The van der Waals surface area contributed by atoms with E-state index in [1.807, 2.05) is 12.1 Å². The van der Waals surface area contributed by atoms with E-state index in [1.165, 1.54) is 11.1 Å². The molecule has 2 aromatic heterocycles. The molecule has 0 bridgehead atoms. The first kappa shape index (κ1) is 16.7. The molecule has 1 unspecified atom stereocenters. The molecule has 5 nitrogen and oxygen atoms in total. The standard InChI is InChI=1S/C21H22N4O/c1-16-6-2-3-7-17(16)14-18-8-4-9-19(24-18)20-15-25(12-13-26-20)21-22-10-5-11-23-21/h2-11,20H,12-15H2,1H3. The Kier molecular flexibility index (Phi) is 4.88. The van der Waals surface area contributed by atoms with E-state index in [9.17, 15) is 0 Å². The molecule has 3 aromatic rings. The van der Waals surface area contributed by atoms with Crippen LogP contribution in [-0.4, -0.2) is 34.6 Å². The van der Waals surface area contributed by atoms with Crippen molar-refractivity contribution in [2.24, 2.45) is 0 Å². The van der Waals surface area contributed by atoms with Crippen molar-refractivity contribution in [2.45, 2.75) is 19.4 Å². The number of ether oxygens (including phenoxy) is 1. The lowest BCUT2D eigenvalue weighted by molar-refractivity contribution is 0.0363. The minimum atomic E-state index is -0.0654. The third kappa shape index (κ3) is 3.73. The lowest BCUT2D eigenvalue weighted by atomic mass is 10.0. The Labute approximate surface area is 153 Å². The van der Waals surface area contributed by atoms with E-state index in [2.05, 4.69) is 58.2 Å². The van der Waals surface area contributed by atoms with Gasteiger partial charge in [0.25, 0.3) is 0 Å². The van der Waals surface area contributed by atoms with Gasteiger partial charge in [0.1, 0.15) is 6.10 Å². The zero-order chi connectivity index (χ0) is 17.8. The van der Waals surface area contributed by atoms with E-state index in [1.54, 1.807) is 12.4 Å². The molecule has 0 radical (unpaired) electrons. The Bertz CT molecular complexity index is 869. The first-order chi connectivity index (χ1) is 12.8. The van der Waals surface area contributed by atoms with Gasteiger partial charge < -0.3 is 9.64 Å². The molecule has 4 rings (SSSR count). The van der Waals surface area contributed by atoms with E-state index in [-0.39, 0.29) is 6.10 Å². The quantitative estimate of drug-likeness (QED) is 0.725. The van der Waals surface area contributed by atoms with Gasteiger partial charge >= 0.3 is 0 Å². The van der Waals surface area contributed by atoms with Crippen molar-refractivity contribution in [3.63, 3.8) is 0 Å². The van der Waals surface area contributed by atoms with Crippen LogP contribution in [0.4, 0.5) is 5.95 Å². The second-order valence-corrected chi connectivity index (χ2v) is 6.51. The Morgan fingerprint density at radius 3 is 2.73 bits per heavy atom. The molecule has 1 aliphatic heterocycles. The van der Waals surface area contributed by atoms with Crippen molar-refractivity contribution >= 4 is 5.95 Å². The third-order valence-corrected chi connectivity index (χ3v) is 4.69. The number of pyridine rings is 1. The lowest BCUT2D eigenvalue weighted by Gasteiger charge is -2.32. The van der Waals surface area contributed by atoms with Gasteiger partial charge in [0.2, 0.25) is 5.95 Å². The summed E-state index contributed by atoms with van der Waals surface area (Å²) in [5, 5.41) is 0. The maximum atomic E-state index is 5.98. The first-order valence-electron chi connectivity index (χ1n) is 8.93. The SMILES string of the molecule is Cc1ccccc1Cc1cccc(C2CN(c3ncccn3)CCO2)n1. The normalized spacial score (nSPS) is 17.3. The lowest BCUT2D eigenvalue weighted by Crippen LogP contribution is -2.39. The predicted octanol–water partition coefficient (Wildman–Crippen LogP) is 3.35. The van der Waals surface area contributed by atoms with Crippen LogP contribution in [0.2, 0.25) is 0 Å². The van der Waals surface area contributed by atoms with Crippen LogP contribution in [-0.2, 0) is 11.2 Å². The van der Waals surface area contributed by atoms with Crippen LogP contribution in [0, 0.1) is 6.92 Å². The van der Waals surface area contributed by atoms with Gasteiger partial charge in [-0.2, -0.15) is 0 Å². The summed E-state index contributed by atoms with van der Waals surface area (Å²) in [6.07, 6.45) is 4.31. The van der Waals surface area contributed by atoms with E-state index in [4.69, 9.17) is 9.72 Å². The molecule has 1 aromatic carbocycles. The zero-order valence-electron chi connectivity index (χ0n) is 14.9. The number of morpholine rings is 1. The number of benzene rings is 1. The van der Waals surface area contributed by atoms with Gasteiger partial charge in [-0.3, -0.25) is 4.98 Å². The minimum absolute atomic E-state index is 0.0654. The highest BCUT2D eigenvalue weighted by Gasteiger charge is 2.24. The average Bonchev–Trinajstić information content (AvgIpc) is 2.71. The van der Waals surface area contributed by atoms with Gasteiger partial charge in [-0.25, -0.2) is 9.97 Å². The summed E-state index contributed by atoms with van der Waals surface area (Å²) in [5.41, 5.74) is 4.63. The smallest absolute Gasteiger partial charge is 0.225 e. The van der Waals surface area contributed by atoms with Crippen molar-refractivity contribution in [2.75, 3.05) is 24.6 Å². The molecule has 0 saturated carbocycles. The molecule has 0 spiro atoms. The molecule has 1 atom stereocenters. The van der Waals surface area contributed by atoms with Crippen molar-refractivity contribution in [1.29, 1.82) is 0 Å². The Morgan fingerprint density at radius 1 is 1.04 bits per heavy atom. The monoisotopic (exact) mass is 346 g/mol. The predicted molar refractivity (Wildman–Crippen MR) is 101 cm³/mol. The van der Waals surface area contributed by atoms with Crippen LogP contribution in [0.15, 0.2) is 60.9 Å². The van der Waals surface area contributed by atoms with Gasteiger partial charge in [-0.05, 0) is 36.2 Å². The molecule has 0 aliphatic carbocycles. The Hall–Kier alpha value is -2.79. The Balaban J connectivity index is 1.52. The topological polar surface area (TPSA) is 51.1 Å². The number of aromatic nitrogens is 3. The van der Waals surface area contributed by atoms with E-state index < -0.39 is 0 Å². The van der Waals surface area contributed by atoms with Gasteiger partial charge in [-0.15, -0.1) is 0 Å². The molecule has 1 saturated heterocycles. The van der Waals surface area contributed by atoms with Crippen LogP contribution >= 0.6 is 0 Å². The first-order valence-corrected chi connectivity index (χ1v) is 8.93. The van der Waals surface area contributed by atoms with E-state index >= 15 is 0 Å². The molecule has 3 heterocycles. The maximum Gasteiger partial charge on any atom is 0.225 e. The molecule has 132 valence electrons. The van der Waals surface area contributed by atoms with Gasteiger partial charge in [0.15, 0.2) is 0 Å². The highest BCUT2D eigenvalue weighted by molar-refractivity contribution is 5.32. The van der Waals surface area contributed by atoms with Crippen molar-refractivity contribution in [1.82, 2.24) is 15.0 Å². The summed E-state index contributed by atoms with van der Waals surface area (Å²) in [6, 6.07) is 16.5. The fourth-order valence-electron chi connectivity index (χ4n) is 3.24. The van der Waals surface area contributed by atoms with Crippen LogP contribution in [0.1, 0.15) is 28.6 Å². The average molecular weight is 346 g/mol. The molecule has 0 N–H and O–H groups in total. The van der Waals surface area contributed by atoms with Crippen LogP contribution in [0.5, 0.6) is 0 Å². The number of rotatable bonds is 4. The molecule has 1 fully saturated rings. The van der Waals surface area contributed by atoms with E-state index in [0.29, 0.717) is 13.2 Å². The summed E-state index contributed by atoms with van der Waals surface area (Å²) in [4.78, 5) is 15.7. The molecule has 1 aliphatic rings. The number of hydrogen-bond donors (Lipinski definition) is 0. The maximum absolute atomic E-state index is 5.98. The molecular weight excluding hydrogens is 324 g/mol. The van der Waals surface area contributed by atoms with Crippen molar-refractivity contribution < 1.29 is 4.74 Å². The molecule has 0 amide bonds. The minimum Gasteiger partial charge on any atom is -0.368 e. The number of hydrogen-bond acceptors (Lipinski definition) is 5. The second-order valence-electron chi connectivity index (χ2n) is 6.51. The van der Waals surface area contributed by atoms with Crippen molar-refractivity contribution in [3.8, 4) is 0 Å². The summed E-state index contributed by atoms with van der Waals surface area (Å²) in [5.74, 6) is 0.747. The molecule has 5 heteroatoms. The fourth-order valence-corrected chi connectivity index (χ4v) is 3.24.